The Bertz CT molecular complexity index is 732. The van der Waals surface area contributed by atoms with Gasteiger partial charge in [-0.3, -0.25) is 4.79 Å². The van der Waals surface area contributed by atoms with Crippen LogP contribution in [-0.4, -0.2) is 40.0 Å². The molecule has 1 unspecified atom stereocenters. The van der Waals surface area contributed by atoms with E-state index in [9.17, 15) is 4.79 Å². The third-order valence-electron chi connectivity index (χ3n) is 5.52. The fraction of sp³-hybridized carbons (Fsp3) is 0.579. The highest BCUT2D eigenvalue weighted by atomic mass is 16.2. The van der Waals surface area contributed by atoms with Gasteiger partial charge in [0.15, 0.2) is 0 Å². The molecule has 24 heavy (non-hydrogen) atoms. The van der Waals surface area contributed by atoms with Gasteiger partial charge in [0.05, 0.1) is 17.1 Å². The number of fused-ring (bicyclic) bond motifs is 1. The van der Waals surface area contributed by atoms with Gasteiger partial charge < -0.3 is 14.8 Å². The molecular weight excluding hydrogens is 300 g/mol. The molecule has 2 saturated heterocycles. The molecule has 1 aromatic heterocycles. The van der Waals surface area contributed by atoms with Crippen LogP contribution in [0.4, 0.5) is 0 Å². The van der Waals surface area contributed by atoms with E-state index in [4.69, 9.17) is 4.98 Å². The van der Waals surface area contributed by atoms with E-state index in [1.165, 1.54) is 5.52 Å². The SMILES string of the molecule is CCn1c(C2CCCN2C(=O)C2CCNCC2)nc2ccccc21. The van der Waals surface area contributed by atoms with Crippen LogP contribution >= 0.6 is 0 Å². The lowest BCUT2D eigenvalue weighted by atomic mass is 9.96. The number of carbonyl (C=O) groups excluding carboxylic acids is 1. The van der Waals surface area contributed by atoms with Crippen molar-refractivity contribution in [3.63, 3.8) is 0 Å². The van der Waals surface area contributed by atoms with E-state index >= 15 is 0 Å². The number of aryl methyl sites for hydroxylation is 1. The lowest BCUT2D eigenvalue weighted by Crippen LogP contribution is -2.41. The molecule has 5 heteroatoms. The van der Waals surface area contributed by atoms with E-state index in [0.717, 1.165) is 63.2 Å². The van der Waals surface area contributed by atoms with Gasteiger partial charge in [-0.2, -0.15) is 0 Å². The smallest absolute Gasteiger partial charge is 0.226 e. The van der Waals surface area contributed by atoms with E-state index in [-0.39, 0.29) is 12.0 Å². The molecule has 3 heterocycles. The van der Waals surface area contributed by atoms with Gasteiger partial charge in [-0.25, -0.2) is 4.98 Å². The first-order valence-corrected chi connectivity index (χ1v) is 9.26. The van der Waals surface area contributed by atoms with E-state index in [1.54, 1.807) is 0 Å². The fourth-order valence-corrected chi connectivity index (χ4v) is 4.28. The summed E-state index contributed by atoms with van der Waals surface area (Å²) >= 11 is 0. The first-order chi connectivity index (χ1) is 11.8. The summed E-state index contributed by atoms with van der Waals surface area (Å²) in [5.41, 5.74) is 2.21. The molecular formula is C19H26N4O. The number of aromatic nitrogens is 2. The van der Waals surface area contributed by atoms with E-state index in [0.29, 0.717) is 5.91 Å². The third-order valence-corrected chi connectivity index (χ3v) is 5.52. The molecule has 5 nitrogen and oxygen atoms in total. The van der Waals surface area contributed by atoms with Crippen LogP contribution in [0.25, 0.3) is 11.0 Å². The molecule has 2 aliphatic heterocycles. The maximum atomic E-state index is 13.1. The van der Waals surface area contributed by atoms with Crippen molar-refractivity contribution in [1.82, 2.24) is 19.8 Å². The Morgan fingerprint density at radius 3 is 2.83 bits per heavy atom. The van der Waals surface area contributed by atoms with Crippen molar-refractivity contribution in [2.24, 2.45) is 5.92 Å². The summed E-state index contributed by atoms with van der Waals surface area (Å²) < 4.78 is 2.29. The number of para-hydroxylation sites is 2. The first kappa shape index (κ1) is 15.6. The molecule has 0 saturated carbocycles. The van der Waals surface area contributed by atoms with Crippen LogP contribution in [0.15, 0.2) is 24.3 Å². The number of nitrogens with zero attached hydrogens (tertiary/aromatic N) is 3. The van der Waals surface area contributed by atoms with Gasteiger partial charge in [0.1, 0.15) is 5.82 Å². The molecule has 0 spiro atoms. The Morgan fingerprint density at radius 1 is 1.25 bits per heavy atom. The molecule has 2 fully saturated rings. The monoisotopic (exact) mass is 326 g/mol. The Kier molecular flexibility index (Phi) is 4.27. The molecule has 0 aliphatic carbocycles. The van der Waals surface area contributed by atoms with Crippen LogP contribution in [0.2, 0.25) is 0 Å². The molecule has 1 amide bonds. The molecule has 1 atom stereocenters. The molecule has 0 bridgehead atoms. The predicted molar refractivity (Wildman–Crippen MR) is 94.7 cm³/mol. The Morgan fingerprint density at radius 2 is 2.04 bits per heavy atom. The summed E-state index contributed by atoms with van der Waals surface area (Å²) in [6.45, 7) is 5.85. The molecule has 0 radical (unpaired) electrons. The summed E-state index contributed by atoms with van der Waals surface area (Å²) in [6, 6.07) is 8.43. The van der Waals surface area contributed by atoms with Gasteiger partial charge in [-0.05, 0) is 57.8 Å². The topological polar surface area (TPSA) is 50.2 Å². The maximum Gasteiger partial charge on any atom is 0.226 e. The number of imidazole rings is 1. The molecule has 1 N–H and O–H groups in total. The zero-order valence-corrected chi connectivity index (χ0v) is 14.4. The van der Waals surface area contributed by atoms with Crippen LogP contribution < -0.4 is 5.32 Å². The van der Waals surface area contributed by atoms with Crippen molar-refractivity contribution in [3.05, 3.63) is 30.1 Å². The summed E-state index contributed by atoms with van der Waals surface area (Å²) in [5.74, 6) is 1.60. The van der Waals surface area contributed by atoms with E-state index < -0.39 is 0 Å². The van der Waals surface area contributed by atoms with Crippen molar-refractivity contribution in [1.29, 1.82) is 0 Å². The lowest BCUT2D eigenvalue weighted by molar-refractivity contribution is -0.137. The van der Waals surface area contributed by atoms with E-state index in [1.807, 2.05) is 6.07 Å². The number of piperidine rings is 1. The average Bonchev–Trinajstić information content (AvgIpc) is 3.25. The van der Waals surface area contributed by atoms with Crippen molar-refractivity contribution < 1.29 is 4.79 Å². The number of benzene rings is 1. The second-order valence-electron chi connectivity index (χ2n) is 6.92. The zero-order chi connectivity index (χ0) is 16.5. The minimum Gasteiger partial charge on any atom is -0.332 e. The molecule has 2 aromatic rings. The normalized spacial score (nSPS) is 22.4. The number of rotatable bonds is 3. The summed E-state index contributed by atoms with van der Waals surface area (Å²) in [6.07, 6.45) is 4.03. The fourth-order valence-electron chi connectivity index (χ4n) is 4.28. The van der Waals surface area contributed by atoms with Gasteiger partial charge in [-0.1, -0.05) is 12.1 Å². The minimum absolute atomic E-state index is 0.139. The number of carbonyl (C=O) groups is 1. The molecule has 1 aromatic carbocycles. The standard InChI is InChI=1S/C19H26N4O/c1-2-22-16-7-4-3-6-15(16)21-18(22)17-8-5-13-23(17)19(24)14-9-11-20-12-10-14/h3-4,6-7,14,17,20H,2,5,8-13H2,1H3. The second kappa shape index (κ2) is 6.55. The predicted octanol–water partition coefficient (Wildman–Crippen LogP) is 2.72. The highest BCUT2D eigenvalue weighted by Gasteiger charge is 2.36. The summed E-state index contributed by atoms with van der Waals surface area (Å²) in [5, 5.41) is 3.35. The zero-order valence-electron chi connectivity index (χ0n) is 14.4. The summed E-state index contributed by atoms with van der Waals surface area (Å²) in [7, 11) is 0. The van der Waals surface area contributed by atoms with Crippen molar-refractivity contribution in [2.75, 3.05) is 19.6 Å². The average molecular weight is 326 g/mol. The largest absolute Gasteiger partial charge is 0.332 e. The maximum absolute atomic E-state index is 13.1. The van der Waals surface area contributed by atoms with Gasteiger partial charge in [0.2, 0.25) is 5.91 Å². The van der Waals surface area contributed by atoms with Crippen molar-refractivity contribution >= 4 is 16.9 Å². The lowest BCUT2D eigenvalue weighted by Gasteiger charge is -2.30. The molecule has 4 rings (SSSR count). The van der Waals surface area contributed by atoms with Crippen LogP contribution in [0.5, 0.6) is 0 Å². The minimum atomic E-state index is 0.139. The molecule has 128 valence electrons. The van der Waals surface area contributed by atoms with Gasteiger partial charge in [-0.15, -0.1) is 0 Å². The number of likely N-dealkylation sites (tertiary alicyclic amines) is 1. The number of hydrogen-bond donors (Lipinski definition) is 1. The van der Waals surface area contributed by atoms with Crippen LogP contribution in [0.1, 0.15) is 44.5 Å². The number of hydrogen-bond acceptors (Lipinski definition) is 3. The van der Waals surface area contributed by atoms with Crippen LogP contribution in [-0.2, 0) is 11.3 Å². The van der Waals surface area contributed by atoms with Crippen LogP contribution in [0.3, 0.4) is 0 Å². The molecule has 2 aliphatic rings. The Hall–Kier alpha value is -1.88. The third kappa shape index (κ3) is 2.61. The van der Waals surface area contributed by atoms with Crippen molar-refractivity contribution in [3.8, 4) is 0 Å². The first-order valence-electron chi connectivity index (χ1n) is 9.26. The van der Waals surface area contributed by atoms with Gasteiger partial charge >= 0.3 is 0 Å². The second-order valence-corrected chi connectivity index (χ2v) is 6.92. The highest BCUT2D eigenvalue weighted by molar-refractivity contribution is 5.80. The highest BCUT2D eigenvalue weighted by Crippen LogP contribution is 2.35. The number of nitrogens with one attached hydrogen (secondary N) is 1. The van der Waals surface area contributed by atoms with Gasteiger partial charge in [0, 0.05) is 19.0 Å². The van der Waals surface area contributed by atoms with Crippen molar-refractivity contribution in [2.45, 2.75) is 45.2 Å². The Balaban J connectivity index is 1.66. The van der Waals surface area contributed by atoms with Crippen LogP contribution in [0, 0.1) is 5.92 Å². The van der Waals surface area contributed by atoms with Gasteiger partial charge in [0.25, 0.3) is 0 Å². The Labute approximate surface area is 143 Å². The van der Waals surface area contributed by atoms with E-state index in [2.05, 4.69) is 39.9 Å². The number of amides is 1. The summed E-state index contributed by atoms with van der Waals surface area (Å²) in [4.78, 5) is 20.1. The quantitative estimate of drug-likeness (QED) is 0.943.